The number of ether oxygens (including phenoxy) is 1. The fourth-order valence-electron chi connectivity index (χ4n) is 4.81. The van der Waals surface area contributed by atoms with Crippen LogP contribution in [0.3, 0.4) is 0 Å². The van der Waals surface area contributed by atoms with Crippen molar-refractivity contribution in [3.63, 3.8) is 0 Å². The van der Waals surface area contributed by atoms with Crippen LogP contribution in [-0.2, 0) is 16.9 Å². The molecule has 6 heteroatoms. The molecule has 0 unspecified atom stereocenters. The minimum Gasteiger partial charge on any atom is -0.464 e. The van der Waals surface area contributed by atoms with Gasteiger partial charge in [0.1, 0.15) is 6.26 Å². The topological polar surface area (TPSA) is 75.8 Å². The summed E-state index contributed by atoms with van der Waals surface area (Å²) in [7, 11) is 1.33. The second-order valence-electron chi connectivity index (χ2n) is 7.59. The molecule has 1 aromatic carbocycles. The van der Waals surface area contributed by atoms with Crippen LogP contribution in [0.25, 0.3) is 0 Å². The van der Waals surface area contributed by atoms with E-state index in [1.54, 1.807) is 0 Å². The number of oxazole rings is 1. The Morgan fingerprint density at radius 3 is 2.89 bits per heavy atom. The Bertz CT molecular complexity index is 790. The smallest absolute Gasteiger partial charge is 0.360 e. The van der Waals surface area contributed by atoms with Crippen LogP contribution in [0.15, 0.2) is 41.0 Å². The van der Waals surface area contributed by atoms with Crippen molar-refractivity contribution in [1.29, 1.82) is 0 Å². The van der Waals surface area contributed by atoms with Crippen molar-refractivity contribution < 1.29 is 19.1 Å². The molecular formula is C21H26N2O4. The van der Waals surface area contributed by atoms with Gasteiger partial charge in [0.25, 0.3) is 0 Å². The summed E-state index contributed by atoms with van der Waals surface area (Å²) >= 11 is 0. The van der Waals surface area contributed by atoms with Gasteiger partial charge in [-0.25, -0.2) is 9.78 Å². The Labute approximate surface area is 159 Å². The third kappa shape index (κ3) is 3.39. The van der Waals surface area contributed by atoms with Gasteiger partial charge >= 0.3 is 5.97 Å². The number of likely N-dealkylation sites (tertiary alicyclic amines) is 1. The van der Waals surface area contributed by atoms with E-state index in [4.69, 9.17) is 9.15 Å². The number of esters is 1. The van der Waals surface area contributed by atoms with E-state index < -0.39 is 11.6 Å². The van der Waals surface area contributed by atoms with Crippen molar-refractivity contribution in [2.45, 2.75) is 50.3 Å². The number of fused-ring (bicyclic) bond motifs is 1. The first-order valence-corrected chi connectivity index (χ1v) is 9.66. The van der Waals surface area contributed by atoms with Crippen LogP contribution in [0.4, 0.5) is 0 Å². The van der Waals surface area contributed by atoms with Crippen molar-refractivity contribution in [3.8, 4) is 0 Å². The zero-order valence-corrected chi connectivity index (χ0v) is 15.6. The van der Waals surface area contributed by atoms with Gasteiger partial charge < -0.3 is 14.3 Å². The summed E-state index contributed by atoms with van der Waals surface area (Å²) in [4.78, 5) is 18.2. The van der Waals surface area contributed by atoms with Gasteiger partial charge in [-0.3, -0.25) is 4.90 Å². The summed E-state index contributed by atoms with van der Waals surface area (Å²) in [6.45, 7) is 1.31. The summed E-state index contributed by atoms with van der Waals surface area (Å²) in [6, 6.07) is 10.3. The van der Waals surface area contributed by atoms with Crippen LogP contribution < -0.4 is 0 Å². The molecule has 0 amide bonds. The van der Waals surface area contributed by atoms with Gasteiger partial charge in [0.15, 0.2) is 5.69 Å². The third-order valence-electron chi connectivity index (χ3n) is 6.15. The molecule has 2 fully saturated rings. The zero-order chi connectivity index (χ0) is 18.9. The molecule has 3 atom stereocenters. The lowest BCUT2D eigenvalue weighted by Crippen LogP contribution is -2.57. The Hall–Kier alpha value is -2.18. The average Bonchev–Trinajstić information content (AvgIpc) is 3.19. The molecule has 0 bridgehead atoms. The number of aromatic nitrogens is 1. The highest BCUT2D eigenvalue weighted by atomic mass is 16.5. The lowest BCUT2D eigenvalue weighted by molar-refractivity contribution is -0.124. The standard InChI is InChI=1S/C21H26N2O4/c1-26-20(24)17-14-27-19(22-17)13-23-12-11-21(25,15-7-3-2-4-8-15)16-9-5-6-10-18(16)23/h2-4,7-8,14,16,18,25H,5-6,9-13H2,1H3/t16-,18-,21+/m1/s1. The van der Waals surface area contributed by atoms with Crippen LogP contribution in [-0.4, -0.2) is 40.7 Å². The Morgan fingerprint density at radius 1 is 1.33 bits per heavy atom. The van der Waals surface area contributed by atoms with Crippen LogP contribution >= 0.6 is 0 Å². The molecule has 1 N–H and O–H groups in total. The number of carbonyl (C=O) groups is 1. The van der Waals surface area contributed by atoms with E-state index in [-0.39, 0.29) is 17.7 Å². The number of rotatable bonds is 4. The first kappa shape index (κ1) is 18.2. The van der Waals surface area contributed by atoms with Crippen molar-refractivity contribution in [3.05, 3.63) is 53.7 Å². The Balaban J connectivity index is 1.55. The van der Waals surface area contributed by atoms with E-state index in [1.165, 1.54) is 19.8 Å². The molecule has 1 aliphatic carbocycles. The molecule has 4 rings (SSSR count). The molecule has 1 saturated carbocycles. The van der Waals surface area contributed by atoms with Crippen molar-refractivity contribution in [2.75, 3.05) is 13.7 Å². The quantitative estimate of drug-likeness (QED) is 0.834. The third-order valence-corrected chi connectivity index (χ3v) is 6.15. The van der Waals surface area contributed by atoms with E-state index in [0.717, 1.165) is 31.4 Å². The van der Waals surface area contributed by atoms with Gasteiger partial charge in [0.2, 0.25) is 5.89 Å². The molecule has 0 spiro atoms. The Kier molecular flexibility index (Phi) is 5.02. The van der Waals surface area contributed by atoms with E-state index in [1.807, 2.05) is 30.3 Å². The van der Waals surface area contributed by atoms with Gasteiger partial charge in [-0.1, -0.05) is 43.2 Å². The second-order valence-corrected chi connectivity index (χ2v) is 7.59. The van der Waals surface area contributed by atoms with Crippen LogP contribution in [0.2, 0.25) is 0 Å². The summed E-state index contributed by atoms with van der Waals surface area (Å²) in [5.74, 6) is 0.222. The molecule has 2 aromatic rings. The molecule has 2 heterocycles. The van der Waals surface area contributed by atoms with Crippen LogP contribution in [0.1, 0.15) is 54.0 Å². The first-order valence-electron chi connectivity index (χ1n) is 9.66. The number of benzene rings is 1. The van der Waals surface area contributed by atoms with Crippen molar-refractivity contribution in [1.82, 2.24) is 9.88 Å². The van der Waals surface area contributed by atoms with E-state index in [0.29, 0.717) is 18.9 Å². The van der Waals surface area contributed by atoms with E-state index >= 15 is 0 Å². The number of nitrogens with zero attached hydrogens (tertiary/aromatic N) is 2. The lowest BCUT2D eigenvalue weighted by atomic mass is 9.66. The number of methoxy groups -OCH3 is 1. The van der Waals surface area contributed by atoms with Gasteiger partial charge in [-0.2, -0.15) is 0 Å². The minimum absolute atomic E-state index is 0.192. The van der Waals surface area contributed by atoms with Gasteiger partial charge in [0, 0.05) is 18.5 Å². The SMILES string of the molecule is COC(=O)c1coc(CN2CC[C@](O)(c3ccccc3)[C@@H]3CCCC[C@H]32)n1. The van der Waals surface area contributed by atoms with Gasteiger partial charge in [-0.15, -0.1) is 0 Å². The molecule has 1 aromatic heterocycles. The molecule has 144 valence electrons. The van der Waals surface area contributed by atoms with E-state index in [2.05, 4.69) is 9.88 Å². The lowest BCUT2D eigenvalue weighted by Gasteiger charge is -2.52. The summed E-state index contributed by atoms with van der Waals surface area (Å²) in [5, 5.41) is 11.6. The number of aliphatic hydroxyl groups is 1. The average molecular weight is 370 g/mol. The molecular weight excluding hydrogens is 344 g/mol. The van der Waals surface area contributed by atoms with Crippen molar-refractivity contribution >= 4 is 5.97 Å². The number of hydrogen-bond acceptors (Lipinski definition) is 6. The van der Waals surface area contributed by atoms with Gasteiger partial charge in [0.05, 0.1) is 19.3 Å². The van der Waals surface area contributed by atoms with Crippen LogP contribution in [0, 0.1) is 5.92 Å². The number of piperidine rings is 1. The molecule has 1 aliphatic heterocycles. The maximum absolute atomic E-state index is 11.6. The molecule has 27 heavy (non-hydrogen) atoms. The normalized spacial score (nSPS) is 28.5. The maximum Gasteiger partial charge on any atom is 0.360 e. The molecule has 1 saturated heterocycles. The highest BCUT2D eigenvalue weighted by Gasteiger charge is 2.49. The minimum atomic E-state index is -0.781. The highest BCUT2D eigenvalue weighted by Crippen LogP contribution is 2.47. The molecule has 6 nitrogen and oxygen atoms in total. The van der Waals surface area contributed by atoms with Crippen LogP contribution in [0.5, 0.6) is 0 Å². The number of carbonyl (C=O) groups excluding carboxylic acids is 1. The fraction of sp³-hybridized carbons (Fsp3) is 0.524. The molecule has 2 aliphatic rings. The van der Waals surface area contributed by atoms with E-state index in [9.17, 15) is 9.90 Å². The predicted octanol–water partition coefficient (Wildman–Crippen LogP) is 3.11. The largest absolute Gasteiger partial charge is 0.464 e. The summed E-state index contributed by atoms with van der Waals surface area (Å²) in [5.41, 5.74) is 0.438. The molecule has 0 radical (unpaired) electrons. The summed E-state index contributed by atoms with van der Waals surface area (Å²) < 4.78 is 10.2. The first-order chi connectivity index (χ1) is 13.1. The number of hydrogen-bond donors (Lipinski definition) is 1. The summed E-state index contributed by atoms with van der Waals surface area (Å²) in [6.07, 6.45) is 6.43. The fourth-order valence-corrected chi connectivity index (χ4v) is 4.81. The Morgan fingerprint density at radius 2 is 2.11 bits per heavy atom. The maximum atomic E-state index is 11.6. The van der Waals surface area contributed by atoms with Gasteiger partial charge in [-0.05, 0) is 24.8 Å². The monoisotopic (exact) mass is 370 g/mol. The second kappa shape index (κ2) is 7.44. The predicted molar refractivity (Wildman–Crippen MR) is 99.0 cm³/mol. The van der Waals surface area contributed by atoms with Crippen molar-refractivity contribution in [2.24, 2.45) is 5.92 Å². The highest BCUT2D eigenvalue weighted by molar-refractivity contribution is 5.86. The zero-order valence-electron chi connectivity index (χ0n) is 15.6.